The van der Waals surface area contributed by atoms with Crippen molar-refractivity contribution in [2.45, 2.75) is 43.2 Å². The highest BCUT2D eigenvalue weighted by Gasteiger charge is 2.59. The Bertz CT molecular complexity index is 1410. The number of fused-ring (bicyclic) bond motifs is 1. The van der Waals surface area contributed by atoms with Gasteiger partial charge < -0.3 is 15.4 Å². The molecule has 2 saturated carbocycles. The van der Waals surface area contributed by atoms with Crippen molar-refractivity contribution in [3.8, 4) is 22.6 Å². The van der Waals surface area contributed by atoms with Gasteiger partial charge in [0.05, 0.1) is 42.3 Å². The second kappa shape index (κ2) is 10.9. The molecular weight excluding hydrogens is 547 g/mol. The Morgan fingerprint density at radius 2 is 1.83 bits per heavy atom. The third-order valence-electron chi connectivity index (χ3n) is 9.46. The van der Waals surface area contributed by atoms with E-state index in [2.05, 4.69) is 30.2 Å². The average Bonchev–Trinajstić information content (AvgIpc) is 3.42. The molecule has 2 aromatic heterocycles. The summed E-state index contributed by atoms with van der Waals surface area (Å²) >= 11 is 0. The van der Waals surface area contributed by atoms with Crippen LogP contribution in [0.4, 0.5) is 19.1 Å². The van der Waals surface area contributed by atoms with Gasteiger partial charge in [-0.1, -0.05) is 0 Å². The summed E-state index contributed by atoms with van der Waals surface area (Å²) in [7, 11) is 0. The minimum atomic E-state index is -1.38. The van der Waals surface area contributed by atoms with Crippen LogP contribution in [0, 0.1) is 23.6 Å². The minimum Gasteiger partial charge on any atom is -0.387 e. The number of rotatable bonds is 8. The number of nitrogen functional groups attached to an aromatic ring is 1. The molecule has 4 heterocycles. The van der Waals surface area contributed by atoms with Crippen molar-refractivity contribution in [1.82, 2.24) is 40.2 Å². The average molecular weight is 584 g/mol. The van der Waals surface area contributed by atoms with Gasteiger partial charge >= 0.3 is 0 Å². The number of halogens is 3. The number of hydrazine groups is 1. The van der Waals surface area contributed by atoms with Crippen molar-refractivity contribution in [2.24, 2.45) is 17.8 Å². The zero-order valence-corrected chi connectivity index (χ0v) is 23.2. The molecular formula is C29H36F3N9O. The molecule has 0 spiro atoms. The number of aromatic nitrogens is 4. The summed E-state index contributed by atoms with van der Waals surface area (Å²) < 4.78 is 45.0. The van der Waals surface area contributed by atoms with Crippen molar-refractivity contribution in [3.63, 3.8) is 0 Å². The molecule has 7 atom stereocenters. The largest absolute Gasteiger partial charge is 0.387 e. The quantitative estimate of drug-likeness (QED) is 0.317. The lowest BCUT2D eigenvalue weighted by molar-refractivity contribution is -0.109. The number of piperidine rings is 1. The van der Waals surface area contributed by atoms with E-state index in [0.717, 1.165) is 24.3 Å². The van der Waals surface area contributed by atoms with Crippen LogP contribution in [0.3, 0.4) is 0 Å². The highest BCUT2D eigenvalue weighted by Crippen LogP contribution is 2.57. The van der Waals surface area contributed by atoms with Gasteiger partial charge in [0.15, 0.2) is 0 Å². The van der Waals surface area contributed by atoms with Crippen molar-refractivity contribution in [1.29, 1.82) is 0 Å². The first-order chi connectivity index (χ1) is 20.3. The molecule has 3 aromatic rings. The maximum absolute atomic E-state index is 15.2. The smallest absolute Gasteiger partial charge is 0.220 e. The van der Waals surface area contributed by atoms with Gasteiger partial charge in [-0.05, 0) is 55.0 Å². The number of imidazole rings is 1. The predicted molar refractivity (Wildman–Crippen MR) is 150 cm³/mol. The van der Waals surface area contributed by atoms with Crippen molar-refractivity contribution < 1.29 is 18.3 Å². The van der Waals surface area contributed by atoms with Gasteiger partial charge in [0, 0.05) is 56.3 Å². The number of alkyl halides is 2. The monoisotopic (exact) mass is 583 g/mol. The van der Waals surface area contributed by atoms with Crippen LogP contribution in [0.15, 0.2) is 42.9 Å². The highest BCUT2D eigenvalue weighted by atomic mass is 19.1. The third-order valence-corrected chi connectivity index (χ3v) is 9.46. The number of aliphatic hydroxyl groups is 1. The Labute approximate surface area is 242 Å². The van der Waals surface area contributed by atoms with Gasteiger partial charge in [-0.25, -0.2) is 38.6 Å². The molecule has 7 rings (SSSR count). The van der Waals surface area contributed by atoms with E-state index < -0.39 is 23.9 Å². The number of likely N-dealkylation sites (tertiary alicyclic amines) is 1. The fourth-order valence-corrected chi connectivity index (χ4v) is 7.49. The van der Waals surface area contributed by atoms with Crippen molar-refractivity contribution in [2.75, 3.05) is 45.3 Å². The van der Waals surface area contributed by atoms with E-state index in [-0.39, 0.29) is 37.2 Å². The number of nitrogens with two attached hydrogens (primary N) is 1. The van der Waals surface area contributed by atoms with Crippen LogP contribution in [0.5, 0.6) is 0 Å². The summed E-state index contributed by atoms with van der Waals surface area (Å²) in [4.78, 5) is 15.5. The number of benzene rings is 1. The van der Waals surface area contributed by atoms with Gasteiger partial charge in [0.2, 0.25) is 5.95 Å². The molecule has 2 saturated heterocycles. The predicted octanol–water partition coefficient (Wildman–Crippen LogP) is 2.36. The van der Waals surface area contributed by atoms with Gasteiger partial charge in [0.1, 0.15) is 18.2 Å². The minimum absolute atomic E-state index is 0.153. The number of nitrogens with zero attached hydrogens (tertiary/aromatic N) is 6. The summed E-state index contributed by atoms with van der Waals surface area (Å²) in [6.07, 6.45) is 1.35. The first-order valence-electron chi connectivity index (χ1n) is 14.6. The van der Waals surface area contributed by atoms with Crippen LogP contribution in [0.25, 0.3) is 22.6 Å². The van der Waals surface area contributed by atoms with E-state index in [4.69, 9.17) is 10.7 Å². The topological polar surface area (TPSA) is 120 Å². The molecule has 0 radical (unpaired) electrons. The first kappa shape index (κ1) is 27.7. The fourth-order valence-electron chi connectivity index (χ4n) is 7.49. The van der Waals surface area contributed by atoms with Crippen LogP contribution in [0.2, 0.25) is 0 Å². The van der Waals surface area contributed by atoms with Gasteiger partial charge in [0.25, 0.3) is 0 Å². The molecule has 1 aromatic carbocycles. The molecule has 42 heavy (non-hydrogen) atoms. The number of anilines is 1. The summed E-state index contributed by atoms with van der Waals surface area (Å²) in [5, 5.41) is 17.0. The maximum atomic E-state index is 15.2. The van der Waals surface area contributed by atoms with Crippen molar-refractivity contribution in [3.05, 3.63) is 48.7 Å². The lowest BCUT2D eigenvalue weighted by Gasteiger charge is -2.44. The molecule has 2 aliphatic heterocycles. The molecule has 10 nitrogen and oxygen atoms in total. The summed E-state index contributed by atoms with van der Waals surface area (Å²) in [5.41, 5.74) is 10.7. The molecule has 5 N–H and O–H groups in total. The zero-order chi connectivity index (χ0) is 29.0. The maximum Gasteiger partial charge on any atom is 0.220 e. The van der Waals surface area contributed by atoms with Gasteiger partial charge in [-0.2, -0.15) is 0 Å². The van der Waals surface area contributed by atoms with Crippen LogP contribution in [0.1, 0.15) is 25.3 Å². The van der Waals surface area contributed by atoms with E-state index in [1.54, 1.807) is 24.4 Å². The Morgan fingerprint density at radius 3 is 2.52 bits per heavy atom. The van der Waals surface area contributed by atoms with E-state index in [1.165, 1.54) is 12.1 Å². The molecule has 2 aliphatic carbocycles. The molecule has 224 valence electrons. The molecule has 13 heteroatoms. The molecule has 4 fully saturated rings. The Kier molecular flexibility index (Phi) is 7.17. The first-order valence-corrected chi connectivity index (χ1v) is 14.6. The zero-order valence-electron chi connectivity index (χ0n) is 23.2. The summed E-state index contributed by atoms with van der Waals surface area (Å²) in [5.74, 6) is -0.159. The second-order valence-electron chi connectivity index (χ2n) is 12.2. The lowest BCUT2D eigenvalue weighted by atomic mass is 9.74. The van der Waals surface area contributed by atoms with E-state index in [1.807, 2.05) is 11.3 Å². The standard InChI is InChI=1S/C29H36F3N9O/c30-18-3-1-17(2-4-18)25-27(24-7-8-35-28(33)38-24)41(16-36-25)26-20-10-39(11-21(20)26)12-29(42,13-40-15-34-14-37-40)22-6-5-19(31)9-23(22)32/h1-4,7-8,16,19-23,26,34,37,42H,5-6,9-15H2,(H2,33,35,38)/t19?,20-,21+,22?,23?,26?,29?. The number of nitrogens with one attached hydrogen (secondary N) is 2. The number of hydrogen-bond acceptors (Lipinski definition) is 9. The van der Waals surface area contributed by atoms with E-state index in [9.17, 15) is 13.9 Å². The number of β-amino-alcohol motifs (C(OH)–C–C–N with tert-alkyl or cyclic N) is 1. The fraction of sp³-hybridized carbons (Fsp3) is 0.552. The summed E-state index contributed by atoms with van der Waals surface area (Å²) in [6, 6.07) is 8.18. The molecule has 5 unspecified atom stereocenters. The van der Waals surface area contributed by atoms with E-state index in [0.29, 0.717) is 49.5 Å². The molecule has 0 amide bonds. The molecule has 4 aliphatic rings. The van der Waals surface area contributed by atoms with E-state index >= 15 is 4.39 Å². The Morgan fingerprint density at radius 1 is 1.05 bits per heavy atom. The van der Waals surface area contributed by atoms with Crippen molar-refractivity contribution >= 4 is 5.95 Å². The SMILES string of the molecule is Nc1nccc(-c2c(-c3ccc(F)cc3)ncn2C2[C@H]3CN(CC(O)(CN4CNCN4)C4CCC(F)CC4F)C[C@@H]23)n1. The van der Waals surface area contributed by atoms with Gasteiger partial charge in [-0.3, -0.25) is 10.2 Å². The Balaban J connectivity index is 1.11. The third kappa shape index (κ3) is 5.17. The molecule has 0 bridgehead atoms. The van der Waals surface area contributed by atoms with Gasteiger partial charge in [-0.15, -0.1) is 0 Å². The highest BCUT2D eigenvalue weighted by molar-refractivity contribution is 5.77. The van der Waals surface area contributed by atoms with Crippen LogP contribution < -0.4 is 16.5 Å². The number of hydrogen-bond donors (Lipinski definition) is 4. The summed E-state index contributed by atoms with van der Waals surface area (Å²) in [6.45, 7) is 3.22. The van der Waals surface area contributed by atoms with Crippen LogP contribution in [-0.2, 0) is 0 Å². The van der Waals surface area contributed by atoms with Crippen LogP contribution in [-0.4, -0.2) is 92.0 Å². The Hall–Kier alpha value is -3.10. The van der Waals surface area contributed by atoms with Crippen LogP contribution >= 0.6 is 0 Å². The normalized spacial score (nSPS) is 31.2. The lowest BCUT2D eigenvalue weighted by Crippen LogP contribution is -2.59. The second-order valence-corrected chi connectivity index (χ2v) is 12.2.